The molecule has 0 fully saturated rings. The Morgan fingerprint density at radius 1 is 1.47 bits per heavy atom. The number of halogens is 1. The molecule has 1 aromatic heterocycles. The second-order valence-corrected chi connectivity index (χ2v) is 11.8. The highest BCUT2D eigenvalue weighted by Gasteiger charge is 2.16. The van der Waals surface area contributed by atoms with Crippen LogP contribution in [0.5, 0.6) is 0 Å². The molecule has 0 atom stereocenters. The summed E-state index contributed by atoms with van der Waals surface area (Å²) in [7, 11) is -1.07. The van der Waals surface area contributed by atoms with Crippen molar-refractivity contribution in [1.29, 1.82) is 0 Å². The normalized spacial score (nSPS) is 11.6. The highest BCUT2D eigenvalue weighted by atomic mass is 79.9. The summed E-state index contributed by atoms with van der Waals surface area (Å²) in [4.78, 5) is 11.6. The fourth-order valence-electron chi connectivity index (χ4n) is 1.35. The molecule has 0 N–H and O–H groups in total. The summed E-state index contributed by atoms with van der Waals surface area (Å²) < 4.78 is 12.6. The number of rotatable bonds is 7. The molecule has 0 spiro atoms. The van der Waals surface area contributed by atoms with Crippen LogP contribution in [-0.4, -0.2) is 37.0 Å². The van der Waals surface area contributed by atoms with E-state index in [0.29, 0.717) is 23.5 Å². The van der Waals surface area contributed by atoms with Crippen LogP contribution in [0, 0.1) is 0 Å². The van der Waals surface area contributed by atoms with Crippen LogP contribution in [0.4, 0.5) is 0 Å². The highest BCUT2D eigenvalue weighted by molar-refractivity contribution is 9.10. The van der Waals surface area contributed by atoms with E-state index in [0.717, 1.165) is 12.7 Å². The maximum absolute atomic E-state index is 11.6. The first-order valence-corrected chi connectivity index (χ1v) is 10.8. The first-order chi connectivity index (χ1) is 8.83. The second kappa shape index (κ2) is 7.21. The lowest BCUT2D eigenvalue weighted by atomic mass is 10.4. The van der Waals surface area contributed by atoms with Crippen LogP contribution in [-0.2, 0) is 16.2 Å². The molecule has 0 aliphatic heterocycles. The Balaban J connectivity index is 2.48. The van der Waals surface area contributed by atoms with Crippen molar-refractivity contribution in [2.75, 3.05) is 13.2 Å². The van der Waals surface area contributed by atoms with Gasteiger partial charge in [0.25, 0.3) is 0 Å². The number of carbonyl (C=O) groups is 1. The number of hydrogen-bond acceptors (Lipinski definition) is 4. The lowest BCUT2D eigenvalue weighted by Gasteiger charge is -2.15. The maximum Gasteiger partial charge on any atom is 0.342 e. The molecule has 19 heavy (non-hydrogen) atoms. The SMILES string of the molecule is CCOC(=O)c1cn(COCC[Si](C)(C)C)nc1Br. The summed E-state index contributed by atoms with van der Waals surface area (Å²) in [6, 6.07) is 1.11. The number of hydrogen-bond donors (Lipinski definition) is 0. The standard InChI is InChI=1S/C12H21BrN2O3Si/c1-5-18-12(16)10-8-15(14-11(10)13)9-17-6-7-19(2,3)4/h8H,5-7,9H2,1-4H3. The molecule has 108 valence electrons. The van der Waals surface area contributed by atoms with E-state index < -0.39 is 8.07 Å². The zero-order valence-electron chi connectivity index (χ0n) is 11.9. The van der Waals surface area contributed by atoms with E-state index in [1.807, 2.05) is 0 Å². The molecule has 0 bridgehead atoms. The van der Waals surface area contributed by atoms with Crippen LogP contribution in [0.15, 0.2) is 10.8 Å². The predicted octanol–water partition coefficient (Wildman–Crippen LogP) is 3.13. The van der Waals surface area contributed by atoms with Crippen LogP contribution >= 0.6 is 15.9 Å². The molecule has 0 saturated carbocycles. The predicted molar refractivity (Wildman–Crippen MR) is 80.0 cm³/mol. The number of nitrogens with zero attached hydrogens (tertiary/aromatic N) is 2. The Labute approximate surface area is 123 Å². The molecule has 1 aromatic rings. The van der Waals surface area contributed by atoms with Gasteiger partial charge in [-0.15, -0.1) is 0 Å². The molecule has 0 saturated heterocycles. The zero-order valence-corrected chi connectivity index (χ0v) is 14.5. The van der Waals surface area contributed by atoms with E-state index >= 15 is 0 Å². The smallest absolute Gasteiger partial charge is 0.342 e. The molecule has 0 aromatic carbocycles. The third kappa shape index (κ3) is 5.88. The topological polar surface area (TPSA) is 53.4 Å². The van der Waals surface area contributed by atoms with Gasteiger partial charge in [0.2, 0.25) is 0 Å². The van der Waals surface area contributed by atoms with Crippen molar-refractivity contribution in [2.24, 2.45) is 0 Å². The summed E-state index contributed by atoms with van der Waals surface area (Å²) in [6.07, 6.45) is 1.64. The van der Waals surface area contributed by atoms with E-state index in [9.17, 15) is 4.79 Å². The first kappa shape index (κ1) is 16.4. The van der Waals surface area contributed by atoms with E-state index in [1.54, 1.807) is 17.8 Å². The third-order valence-corrected chi connectivity index (χ3v) is 4.72. The molecular weight excluding hydrogens is 328 g/mol. The third-order valence-electron chi connectivity index (χ3n) is 2.43. The van der Waals surface area contributed by atoms with Gasteiger partial charge >= 0.3 is 5.97 Å². The minimum absolute atomic E-state index is 0.350. The van der Waals surface area contributed by atoms with E-state index in [2.05, 4.69) is 40.7 Å². The minimum Gasteiger partial charge on any atom is -0.462 e. The van der Waals surface area contributed by atoms with Gasteiger partial charge in [-0.2, -0.15) is 5.10 Å². The van der Waals surface area contributed by atoms with Gasteiger partial charge in [-0.05, 0) is 28.9 Å². The Hall–Kier alpha value is -0.663. The van der Waals surface area contributed by atoms with Crippen molar-refractivity contribution in [3.63, 3.8) is 0 Å². The summed E-state index contributed by atoms with van der Waals surface area (Å²) >= 11 is 3.25. The molecule has 1 rings (SSSR count). The van der Waals surface area contributed by atoms with Crippen molar-refractivity contribution in [3.8, 4) is 0 Å². The summed E-state index contributed by atoms with van der Waals surface area (Å²) in [5.41, 5.74) is 0.427. The monoisotopic (exact) mass is 348 g/mol. The Kier molecular flexibility index (Phi) is 6.22. The molecular formula is C12H21BrN2O3Si. The van der Waals surface area contributed by atoms with E-state index in [4.69, 9.17) is 9.47 Å². The summed E-state index contributed by atoms with van der Waals surface area (Å²) in [5, 5.41) is 4.17. The number of aromatic nitrogens is 2. The lowest BCUT2D eigenvalue weighted by molar-refractivity contribution is 0.0524. The number of carbonyl (C=O) groups excluding carboxylic acids is 1. The first-order valence-electron chi connectivity index (χ1n) is 6.31. The van der Waals surface area contributed by atoms with Gasteiger partial charge in [0.05, 0.1) is 6.61 Å². The molecule has 0 unspecified atom stereocenters. The fourth-order valence-corrected chi connectivity index (χ4v) is 2.57. The quantitative estimate of drug-likeness (QED) is 0.431. The van der Waals surface area contributed by atoms with Gasteiger partial charge in [-0.25, -0.2) is 9.48 Å². The molecule has 7 heteroatoms. The van der Waals surface area contributed by atoms with Gasteiger partial charge in [-0.1, -0.05) is 19.6 Å². The van der Waals surface area contributed by atoms with Gasteiger partial charge in [0, 0.05) is 20.9 Å². The van der Waals surface area contributed by atoms with E-state index in [1.165, 1.54) is 0 Å². The summed E-state index contributed by atoms with van der Waals surface area (Å²) in [5.74, 6) is -0.372. The average molecular weight is 349 g/mol. The van der Waals surface area contributed by atoms with Gasteiger partial charge < -0.3 is 9.47 Å². The van der Waals surface area contributed by atoms with Crippen molar-refractivity contribution in [1.82, 2.24) is 9.78 Å². The fraction of sp³-hybridized carbons (Fsp3) is 0.667. The lowest BCUT2D eigenvalue weighted by Crippen LogP contribution is -2.22. The van der Waals surface area contributed by atoms with Gasteiger partial charge in [0.1, 0.15) is 16.9 Å². The largest absolute Gasteiger partial charge is 0.462 e. The Bertz CT molecular complexity index is 429. The Morgan fingerprint density at radius 2 is 2.16 bits per heavy atom. The van der Waals surface area contributed by atoms with E-state index in [-0.39, 0.29) is 5.97 Å². The van der Waals surface area contributed by atoms with Crippen LogP contribution in [0.2, 0.25) is 25.7 Å². The van der Waals surface area contributed by atoms with Crippen LogP contribution in [0.3, 0.4) is 0 Å². The number of ether oxygens (including phenoxy) is 2. The molecule has 0 aliphatic carbocycles. The molecule has 1 heterocycles. The van der Waals surface area contributed by atoms with Crippen LogP contribution < -0.4 is 0 Å². The Morgan fingerprint density at radius 3 is 2.74 bits per heavy atom. The van der Waals surface area contributed by atoms with Crippen molar-refractivity contribution in [3.05, 3.63) is 16.4 Å². The highest BCUT2D eigenvalue weighted by Crippen LogP contribution is 2.15. The molecule has 0 amide bonds. The second-order valence-electron chi connectivity index (χ2n) is 5.44. The van der Waals surface area contributed by atoms with Crippen molar-refractivity contribution < 1.29 is 14.3 Å². The summed E-state index contributed by atoms with van der Waals surface area (Å²) in [6.45, 7) is 10.1. The van der Waals surface area contributed by atoms with Crippen LogP contribution in [0.1, 0.15) is 17.3 Å². The zero-order chi connectivity index (χ0) is 14.5. The minimum atomic E-state index is -1.07. The average Bonchev–Trinajstić information content (AvgIpc) is 2.65. The maximum atomic E-state index is 11.6. The van der Waals surface area contributed by atoms with Crippen molar-refractivity contribution in [2.45, 2.75) is 39.3 Å². The van der Waals surface area contributed by atoms with Crippen molar-refractivity contribution >= 4 is 30.0 Å². The van der Waals surface area contributed by atoms with Gasteiger partial charge in [-0.3, -0.25) is 0 Å². The number of esters is 1. The van der Waals surface area contributed by atoms with Gasteiger partial charge in [0.15, 0.2) is 0 Å². The van der Waals surface area contributed by atoms with Crippen LogP contribution in [0.25, 0.3) is 0 Å². The molecule has 5 nitrogen and oxygen atoms in total. The molecule has 0 radical (unpaired) electrons. The molecule has 0 aliphatic rings.